The smallest absolute Gasteiger partial charge is 0.142 e. The Morgan fingerprint density at radius 1 is 1.38 bits per heavy atom. The molecule has 1 aliphatic heterocycles. The van der Waals surface area contributed by atoms with Crippen molar-refractivity contribution < 1.29 is 4.74 Å². The van der Waals surface area contributed by atoms with Crippen LogP contribution in [0.4, 0.5) is 5.82 Å². The number of imidazole rings is 1. The molecule has 0 bridgehead atoms. The van der Waals surface area contributed by atoms with Gasteiger partial charge in [-0.25, -0.2) is 4.98 Å². The summed E-state index contributed by atoms with van der Waals surface area (Å²) in [6, 6.07) is 10.2. The van der Waals surface area contributed by atoms with Crippen molar-refractivity contribution in [2.75, 3.05) is 18.9 Å². The average Bonchev–Trinajstić information content (AvgIpc) is 2.87. The molecule has 1 unspecified atom stereocenters. The fourth-order valence-electron chi connectivity index (χ4n) is 2.86. The lowest BCUT2D eigenvalue weighted by Crippen LogP contribution is -2.17. The zero-order valence-corrected chi connectivity index (χ0v) is 12.2. The van der Waals surface area contributed by atoms with Crippen LogP contribution >= 0.6 is 0 Å². The summed E-state index contributed by atoms with van der Waals surface area (Å²) in [6.07, 6.45) is 4.01. The molecule has 0 radical (unpaired) electrons. The average molecular weight is 283 g/mol. The number of hydrogen-bond donors (Lipinski definition) is 1. The third-order valence-electron chi connectivity index (χ3n) is 3.93. The van der Waals surface area contributed by atoms with E-state index >= 15 is 0 Å². The van der Waals surface area contributed by atoms with Crippen molar-refractivity contribution in [1.29, 1.82) is 0 Å². The largest absolute Gasteiger partial charge is 0.384 e. The number of nitrogens with two attached hydrogens (primary N) is 1. The number of nitrogens with zero attached hydrogens (tertiary/aromatic N) is 2. The van der Waals surface area contributed by atoms with E-state index < -0.39 is 0 Å². The number of allylic oxidation sites excluding steroid dienone is 1. The molecular weight excluding hydrogens is 262 g/mol. The van der Waals surface area contributed by atoms with Gasteiger partial charge >= 0.3 is 0 Å². The first-order valence-electron chi connectivity index (χ1n) is 7.41. The third kappa shape index (κ3) is 2.72. The minimum atomic E-state index is 0.298. The van der Waals surface area contributed by atoms with E-state index in [2.05, 4.69) is 18.7 Å². The highest BCUT2D eigenvalue weighted by Gasteiger charge is 2.24. The highest BCUT2D eigenvalue weighted by atomic mass is 16.5. The lowest BCUT2D eigenvalue weighted by Gasteiger charge is -2.20. The summed E-state index contributed by atoms with van der Waals surface area (Å²) in [7, 11) is 0. The second-order valence-electron chi connectivity index (χ2n) is 5.39. The van der Waals surface area contributed by atoms with E-state index in [-0.39, 0.29) is 0 Å². The van der Waals surface area contributed by atoms with Crippen molar-refractivity contribution in [2.24, 2.45) is 0 Å². The van der Waals surface area contributed by atoms with E-state index in [1.165, 1.54) is 0 Å². The van der Waals surface area contributed by atoms with Gasteiger partial charge in [-0.3, -0.25) is 0 Å². The molecular formula is C17H21N3O. The lowest BCUT2D eigenvalue weighted by atomic mass is 9.98. The Balaban J connectivity index is 2.04. The predicted molar refractivity (Wildman–Crippen MR) is 85.1 cm³/mol. The van der Waals surface area contributed by atoms with Crippen LogP contribution in [0.15, 0.2) is 43.0 Å². The highest BCUT2D eigenvalue weighted by molar-refractivity contribution is 5.61. The monoisotopic (exact) mass is 283 g/mol. The zero-order valence-electron chi connectivity index (χ0n) is 12.2. The van der Waals surface area contributed by atoms with Crippen LogP contribution < -0.4 is 5.73 Å². The van der Waals surface area contributed by atoms with Crippen LogP contribution in [-0.4, -0.2) is 22.8 Å². The van der Waals surface area contributed by atoms with Crippen LogP contribution in [0.5, 0.6) is 0 Å². The Morgan fingerprint density at radius 3 is 2.86 bits per heavy atom. The molecule has 1 aliphatic rings. The lowest BCUT2D eigenvalue weighted by molar-refractivity contribution is 0.0796. The number of nitrogen functional groups attached to an aromatic ring is 1. The maximum absolute atomic E-state index is 6.36. The molecule has 0 spiro atoms. The second kappa shape index (κ2) is 6.14. The van der Waals surface area contributed by atoms with Crippen LogP contribution in [0.25, 0.3) is 11.4 Å². The molecule has 2 N–H and O–H groups in total. The van der Waals surface area contributed by atoms with Crippen LogP contribution in [0.2, 0.25) is 0 Å². The van der Waals surface area contributed by atoms with Gasteiger partial charge in [0.1, 0.15) is 11.6 Å². The molecule has 4 nitrogen and oxygen atoms in total. The topological polar surface area (TPSA) is 53.1 Å². The van der Waals surface area contributed by atoms with Crippen LogP contribution in [0, 0.1) is 0 Å². The number of anilines is 1. The van der Waals surface area contributed by atoms with Crippen molar-refractivity contribution >= 4 is 5.82 Å². The van der Waals surface area contributed by atoms with E-state index in [4.69, 9.17) is 15.5 Å². The number of ether oxygens (including phenoxy) is 1. The van der Waals surface area contributed by atoms with E-state index in [1.54, 1.807) is 0 Å². The Hall–Kier alpha value is -2.07. The maximum Gasteiger partial charge on any atom is 0.142 e. The maximum atomic E-state index is 6.36. The Labute approximate surface area is 125 Å². The standard InChI is InChI=1S/C17H21N3O/c1-2-10-20-16(18)15(14-9-6-11-21-12-14)19-17(20)13-7-4-3-5-8-13/h2-5,7-8,14H,1,6,9-12,18H2. The van der Waals surface area contributed by atoms with Gasteiger partial charge in [-0.2, -0.15) is 0 Å². The van der Waals surface area contributed by atoms with Crippen LogP contribution in [0.3, 0.4) is 0 Å². The Kier molecular flexibility index (Phi) is 4.06. The SMILES string of the molecule is C=CCn1c(-c2ccccc2)nc(C2CCCOC2)c1N. The number of rotatable bonds is 4. The summed E-state index contributed by atoms with van der Waals surface area (Å²) in [4.78, 5) is 4.83. The van der Waals surface area contributed by atoms with Gasteiger partial charge in [-0.1, -0.05) is 36.4 Å². The fourth-order valence-corrected chi connectivity index (χ4v) is 2.86. The first-order chi connectivity index (χ1) is 10.3. The van der Waals surface area contributed by atoms with Crippen molar-refractivity contribution in [3.05, 3.63) is 48.7 Å². The van der Waals surface area contributed by atoms with Gasteiger partial charge < -0.3 is 15.0 Å². The Morgan fingerprint density at radius 2 is 2.19 bits per heavy atom. The van der Waals surface area contributed by atoms with Gasteiger partial charge in [0.25, 0.3) is 0 Å². The summed E-state index contributed by atoms with van der Waals surface area (Å²) in [5.74, 6) is 1.95. The third-order valence-corrected chi connectivity index (χ3v) is 3.93. The molecule has 1 aromatic heterocycles. The van der Waals surface area contributed by atoms with Gasteiger partial charge in [0.2, 0.25) is 0 Å². The molecule has 0 saturated carbocycles. The Bertz CT molecular complexity index is 612. The van der Waals surface area contributed by atoms with Crippen molar-refractivity contribution in [3.63, 3.8) is 0 Å². The van der Waals surface area contributed by atoms with Gasteiger partial charge in [0.05, 0.1) is 12.3 Å². The second-order valence-corrected chi connectivity index (χ2v) is 5.39. The van der Waals surface area contributed by atoms with E-state index in [0.717, 1.165) is 42.3 Å². The fraction of sp³-hybridized carbons (Fsp3) is 0.353. The normalized spacial score (nSPS) is 18.6. The number of hydrogen-bond acceptors (Lipinski definition) is 3. The number of aromatic nitrogens is 2. The van der Waals surface area contributed by atoms with E-state index in [0.29, 0.717) is 19.1 Å². The summed E-state index contributed by atoms with van der Waals surface area (Å²) in [5, 5.41) is 0. The van der Waals surface area contributed by atoms with E-state index in [1.807, 2.05) is 28.8 Å². The molecule has 1 fully saturated rings. The molecule has 1 aromatic carbocycles. The van der Waals surface area contributed by atoms with Crippen LogP contribution in [-0.2, 0) is 11.3 Å². The summed E-state index contributed by atoms with van der Waals surface area (Å²) in [6.45, 7) is 6.04. The molecule has 110 valence electrons. The molecule has 1 atom stereocenters. The molecule has 21 heavy (non-hydrogen) atoms. The minimum absolute atomic E-state index is 0.298. The molecule has 2 aromatic rings. The van der Waals surface area contributed by atoms with E-state index in [9.17, 15) is 0 Å². The molecule has 1 saturated heterocycles. The van der Waals surface area contributed by atoms with Gasteiger partial charge in [-0.05, 0) is 12.8 Å². The van der Waals surface area contributed by atoms with Crippen molar-refractivity contribution in [2.45, 2.75) is 25.3 Å². The quantitative estimate of drug-likeness (QED) is 0.877. The highest BCUT2D eigenvalue weighted by Crippen LogP contribution is 2.32. The zero-order chi connectivity index (χ0) is 14.7. The molecule has 0 amide bonds. The van der Waals surface area contributed by atoms with Gasteiger partial charge in [0, 0.05) is 24.6 Å². The van der Waals surface area contributed by atoms with Crippen molar-refractivity contribution in [1.82, 2.24) is 9.55 Å². The summed E-state index contributed by atoms with van der Waals surface area (Å²) >= 11 is 0. The summed E-state index contributed by atoms with van der Waals surface area (Å²) < 4.78 is 7.62. The predicted octanol–water partition coefficient (Wildman–Crippen LogP) is 3.21. The van der Waals surface area contributed by atoms with Crippen molar-refractivity contribution in [3.8, 4) is 11.4 Å². The summed E-state index contributed by atoms with van der Waals surface area (Å²) in [5.41, 5.74) is 8.40. The minimum Gasteiger partial charge on any atom is -0.384 e. The first kappa shape index (κ1) is 13.9. The molecule has 2 heterocycles. The molecule has 0 aliphatic carbocycles. The van der Waals surface area contributed by atoms with Gasteiger partial charge in [-0.15, -0.1) is 6.58 Å². The number of benzene rings is 1. The van der Waals surface area contributed by atoms with Gasteiger partial charge in [0.15, 0.2) is 0 Å². The first-order valence-corrected chi connectivity index (χ1v) is 7.41. The molecule has 3 rings (SSSR count). The van der Waals surface area contributed by atoms with Crippen LogP contribution in [0.1, 0.15) is 24.5 Å². The molecule has 4 heteroatoms.